The summed E-state index contributed by atoms with van der Waals surface area (Å²) >= 11 is 0. The van der Waals surface area contributed by atoms with Crippen molar-refractivity contribution >= 4 is 11.9 Å². The number of carbonyl (C=O) groups is 2. The quantitative estimate of drug-likeness (QED) is 0.486. The Hall–Kier alpha value is -2.38. The molecule has 0 fully saturated rings. The highest BCUT2D eigenvalue weighted by Gasteiger charge is 2.11. The molecule has 0 saturated carbocycles. The molecule has 134 valence electrons. The number of aliphatic hydroxyl groups is 1. The molecule has 1 unspecified atom stereocenters. The second kappa shape index (κ2) is 12.1. The topological polar surface area (TPSA) is 107 Å². The van der Waals surface area contributed by atoms with Crippen molar-refractivity contribution in [2.75, 3.05) is 26.2 Å². The Morgan fingerprint density at radius 1 is 1.21 bits per heavy atom. The summed E-state index contributed by atoms with van der Waals surface area (Å²) < 4.78 is 5.52. The van der Waals surface area contributed by atoms with E-state index in [1.807, 2.05) is 37.3 Å². The number of hydrogen-bond acceptors (Lipinski definition) is 5. The van der Waals surface area contributed by atoms with Crippen LogP contribution in [-0.2, 0) is 9.59 Å². The summed E-state index contributed by atoms with van der Waals surface area (Å²) in [7, 11) is 0. The van der Waals surface area contributed by atoms with Gasteiger partial charge in [0.05, 0.1) is 0 Å². The van der Waals surface area contributed by atoms with Crippen molar-refractivity contribution in [3.8, 4) is 5.75 Å². The lowest BCUT2D eigenvalue weighted by Gasteiger charge is -2.23. The molecule has 0 aliphatic heterocycles. The highest BCUT2D eigenvalue weighted by Crippen LogP contribution is 2.09. The maximum Gasteiger partial charge on any atom is 0.414 e. The average molecular weight is 339 g/mol. The second-order valence-electron chi connectivity index (χ2n) is 5.17. The number of aliphatic hydroxyl groups excluding tert-OH is 1. The number of likely N-dealkylation sites (N-methyl/N-ethyl adjacent to an activating group) is 1. The van der Waals surface area contributed by atoms with E-state index in [0.717, 1.165) is 24.4 Å². The molecule has 7 nitrogen and oxygen atoms in total. The van der Waals surface area contributed by atoms with Crippen LogP contribution in [0.25, 0.3) is 0 Å². The number of hydrogen-bond donors (Lipinski definition) is 3. The average Bonchev–Trinajstić information content (AvgIpc) is 2.53. The summed E-state index contributed by atoms with van der Waals surface area (Å²) in [5, 5.41) is 24.7. The van der Waals surface area contributed by atoms with Gasteiger partial charge in [-0.2, -0.15) is 0 Å². The van der Waals surface area contributed by atoms with Gasteiger partial charge in [0.15, 0.2) is 0 Å². The van der Waals surface area contributed by atoms with Crippen molar-refractivity contribution in [3.63, 3.8) is 0 Å². The van der Waals surface area contributed by atoms with Gasteiger partial charge in [0.25, 0.3) is 0 Å². The third-order valence-electron chi connectivity index (χ3n) is 2.78. The molecule has 3 N–H and O–H groups in total. The minimum Gasteiger partial charge on any atom is -0.491 e. The van der Waals surface area contributed by atoms with Gasteiger partial charge >= 0.3 is 11.9 Å². The van der Waals surface area contributed by atoms with Crippen LogP contribution in [0.3, 0.4) is 0 Å². The van der Waals surface area contributed by atoms with Gasteiger partial charge in [-0.05, 0) is 25.6 Å². The minimum absolute atomic E-state index is 0.316. The van der Waals surface area contributed by atoms with Crippen molar-refractivity contribution in [2.45, 2.75) is 20.0 Å². The highest BCUT2D eigenvalue weighted by atomic mass is 16.5. The van der Waals surface area contributed by atoms with E-state index in [-0.39, 0.29) is 0 Å². The smallest absolute Gasteiger partial charge is 0.414 e. The second-order valence-corrected chi connectivity index (χ2v) is 5.17. The van der Waals surface area contributed by atoms with E-state index in [1.54, 1.807) is 0 Å². The maximum atomic E-state index is 9.93. The summed E-state index contributed by atoms with van der Waals surface area (Å²) in [6.45, 7) is 10.6. The van der Waals surface area contributed by atoms with E-state index in [9.17, 15) is 5.11 Å². The molecule has 7 heteroatoms. The molecule has 1 aromatic carbocycles. The van der Waals surface area contributed by atoms with E-state index >= 15 is 0 Å². The fraction of sp³-hybridized carbons (Fsp3) is 0.412. The van der Waals surface area contributed by atoms with Crippen molar-refractivity contribution in [1.82, 2.24) is 4.90 Å². The molecule has 0 saturated heterocycles. The van der Waals surface area contributed by atoms with E-state index in [4.69, 9.17) is 24.5 Å². The zero-order valence-corrected chi connectivity index (χ0v) is 14.0. The van der Waals surface area contributed by atoms with Gasteiger partial charge in [-0.3, -0.25) is 4.90 Å². The number of carboxylic acid groups (broad SMARTS) is 2. The number of rotatable bonds is 8. The largest absolute Gasteiger partial charge is 0.491 e. The van der Waals surface area contributed by atoms with Gasteiger partial charge in [0, 0.05) is 13.1 Å². The Morgan fingerprint density at radius 2 is 1.75 bits per heavy atom. The lowest BCUT2D eigenvalue weighted by Crippen LogP contribution is -2.36. The summed E-state index contributed by atoms with van der Waals surface area (Å²) in [4.78, 5) is 20.4. The first-order valence-corrected chi connectivity index (χ1v) is 7.45. The van der Waals surface area contributed by atoms with Gasteiger partial charge in [-0.1, -0.05) is 37.3 Å². The predicted molar refractivity (Wildman–Crippen MR) is 90.1 cm³/mol. The van der Waals surface area contributed by atoms with Crippen molar-refractivity contribution < 1.29 is 29.6 Å². The maximum absolute atomic E-state index is 9.93. The fourth-order valence-electron chi connectivity index (χ4n) is 1.75. The Labute approximate surface area is 141 Å². The number of carboxylic acids is 2. The van der Waals surface area contributed by atoms with Crippen LogP contribution in [-0.4, -0.2) is 64.5 Å². The molecule has 1 aromatic rings. The SMILES string of the molecule is C=C(C)CN(CC)CC(O)COc1ccccc1.O=C(O)C(=O)O. The van der Waals surface area contributed by atoms with Gasteiger partial charge in [-0.15, -0.1) is 0 Å². The van der Waals surface area contributed by atoms with Gasteiger partial charge in [-0.25, -0.2) is 9.59 Å². The van der Waals surface area contributed by atoms with E-state index < -0.39 is 18.0 Å². The van der Waals surface area contributed by atoms with Crippen molar-refractivity contribution in [3.05, 3.63) is 42.5 Å². The normalized spacial score (nSPS) is 11.2. The summed E-state index contributed by atoms with van der Waals surface area (Å²) in [5.74, 6) is -2.86. The first-order valence-electron chi connectivity index (χ1n) is 7.45. The van der Waals surface area contributed by atoms with Crippen LogP contribution in [0.5, 0.6) is 5.75 Å². The molecule has 0 aliphatic rings. The fourth-order valence-corrected chi connectivity index (χ4v) is 1.75. The Bertz CT molecular complexity index is 505. The van der Waals surface area contributed by atoms with E-state index in [2.05, 4.69) is 18.4 Å². The summed E-state index contributed by atoms with van der Waals surface area (Å²) in [6, 6.07) is 9.55. The van der Waals surface area contributed by atoms with E-state index in [0.29, 0.717) is 13.2 Å². The molecule has 0 aromatic heterocycles. The molecule has 0 amide bonds. The van der Waals surface area contributed by atoms with Crippen LogP contribution in [0.1, 0.15) is 13.8 Å². The Morgan fingerprint density at radius 3 is 2.17 bits per heavy atom. The monoisotopic (exact) mass is 339 g/mol. The van der Waals surface area contributed by atoms with Gasteiger partial charge in [0.1, 0.15) is 18.5 Å². The summed E-state index contributed by atoms with van der Waals surface area (Å²) in [6.07, 6.45) is -0.482. The number of ether oxygens (including phenoxy) is 1. The number of nitrogens with zero attached hydrogens (tertiary/aromatic N) is 1. The number of aliphatic carboxylic acids is 2. The lowest BCUT2D eigenvalue weighted by molar-refractivity contribution is -0.159. The zero-order valence-electron chi connectivity index (χ0n) is 14.0. The molecule has 0 heterocycles. The van der Waals surface area contributed by atoms with Crippen LogP contribution in [0.4, 0.5) is 0 Å². The van der Waals surface area contributed by atoms with Crippen LogP contribution in [0.15, 0.2) is 42.5 Å². The molecule has 0 bridgehead atoms. The molecular weight excluding hydrogens is 314 g/mol. The molecule has 24 heavy (non-hydrogen) atoms. The molecule has 1 atom stereocenters. The third kappa shape index (κ3) is 11.2. The van der Waals surface area contributed by atoms with Gasteiger partial charge < -0.3 is 20.1 Å². The summed E-state index contributed by atoms with van der Waals surface area (Å²) in [5.41, 5.74) is 1.10. The van der Waals surface area contributed by atoms with Gasteiger partial charge in [0.2, 0.25) is 0 Å². The van der Waals surface area contributed by atoms with Crippen molar-refractivity contribution in [1.29, 1.82) is 0 Å². The Balaban J connectivity index is 0.000000754. The standard InChI is InChI=1S/C15H23NO2.C2H2O4/c1-4-16(10-13(2)3)11-14(17)12-18-15-8-6-5-7-9-15;3-1(4)2(5)6/h5-9,14,17H,2,4,10-12H2,1,3H3;(H,3,4)(H,5,6). The van der Waals surface area contributed by atoms with Crippen LogP contribution in [0, 0.1) is 0 Å². The first-order chi connectivity index (χ1) is 11.3. The molecule has 0 spiro atoms. The Kier molecular flexibility index (Phi) is 10.9. The van der Waals surface area contributed by atoms with Crippen LogP contribution in [0.2, 0.25) is 0 Å². The molecule has 0 radical (unpaired) electrons. The van der Waals surface area contributed by atoms with Crippen LogP contribution < -0.4 is 4.74 Å². The van der Waals surface area contributed by atoms with Crippen molar-refractivity contribution in [2.24, 2.45) is 0 Å². The van der Waals surface area contributed by atoms with E-state index in [1.165, 1.54) is 0 Å². The molecule has 1 rings (SSSR count). The number of benzene rings is 1. The number of para-hydroxylation sites is 1. The minimum atomic E-state index is -1.82. The zero-order chi connectivity index (χ0) is 18.5. The third-order valence-corrected chi connectivity index (χ3v) is 2.78. The first kappa shape index (κ1) is 21.6. The molecule has 0 aliphatic carbocycles. The predicted octanol–water partition coefficient (Wildman–Crippen LogP) is 1.48. The highest BCUT2D eigenvalue weighted by molar-refractivity contribution is 6.27. The lowest BCUT2D eigenvalue weighted by atomic mass is 10.2. The van der Waals surface area contributed by atoms with Crippen LogP contribution >= 0.6 is 0 Å². The molecular formula is C17H25NO6.